The van der Waals surface area contributed by atoms with Crippen LogP contribution in [0.3, 0.4) is 0 Å². The summed E-state index contributed by atoms with van der Waals surface area (Å²) in [6, 6.07) is 3.93. The van der Waals surface area contributed by atoms with Crippen molar-refractivity contribution in [2.45, 2.75) is 39.2 Å². The zero-order chi connectivity index (χ0) is 11.1. The minimum absolute atomic E-state index is 0.202. The molecule has 2 nitrogen and oxygen atoms in total. The molecule has 0 aliphatic heterocycles. The first-order valence-corrected chi connectivity index (χ1v) is 6.35. The molecule has 1 heterocycles. The van der Waals surface area contributed by atoms with Crippen molar-refractivity contribution in [3.05, 3.63) is 22.4 Å². The van der Waals surface area contributed by atoms with Gasteiger partial charge in [0.15, 0.2) is 5.78 Å². The Morgan fingerprint density at radius 1 is 1.47 bits per heavy atom. The number of carbonyl (C=O) groups excluding carboxylic acids is 1. The average Bonchev–Trinajstić information content (AvgIpc) is 2.72. The van der Waals surface area contributed by atoms with Gasteiger partial charge in [-0.25, -0.2) is 0 Å². The van der Waals surface area contributed by atoms with Crippen molar-refractivity contribution in [2.75, 3.05) is 6.61 Å². The van der Waals surface area contributed by atoms with Gasteiger partial charge in [0, 0.05) is 17.9 Å². The number of thiophene rings is 1. The number of rotatable bonds is 7. The zero-order valence-electron chi connectivity index (χ0n) is 9.36. The Bertz CT molecular complexity index is 280. The smallest absolute Gasteiger partial charge is 0.166 e. The van der Waals surface area contributed by atoms with Crippen LogP contribution in [0, 0.1) is 0 Å². The Hall–Kier alpha value is -0.670. The average molecular weight is 226 g/mol. The molecule has 0 N–H and O–H groups in total. The molecule has 0 aliphatic carbocycles. The summed E-state index contributed by atoms with van der Waals surface area (Å²) in [4.78, 5) is 12.9. The largest absolute Gasteiger partial charge is 0.365 e. The maximum absolute atomic E-state index is 11.8. The van der Waals surface area contributed by atoms with Crippen LogP contribution in [0.1, 0.15) is 44.1 Å². The predicted octanol–water partition coefficient (Wildman–Crippen LogP) is 3.59. The molecule has 1 aromatic rings. The van der Waals surface area contributed by atoms with Gasteiger partial charge in [-0.3, -0.25) is 4.79 Å². The molecule has 15 heavy (non-hydrogen) atoms. The number of ketones is 1. The summed E-state index contributed by atoms with van der Waals surface area (Å²) >= 11 is 1.59. The topological polar surface area (TPSA) is 26.3 Å². The van der Waals surface area contributed by atoms with Gasteiger partial charge in [-0.2, -0.15) is 0 Å². The predicted molar refractivity (Wildman–Crippen MR) is 63.2 cm³/mol. The highest BCUT2D eigenvalue weighted by Crippen LogP contribution is 2.25. The number of ether oxygens (including phenoxy) is 1. The minimum Gasteiger partial charge on any atom is -0.365 e. The van der Waals surface area contributed by atoms with Gasteiger partial charge in [0.1, 0.15) is 6.10 Å². The van der Waals surface area contributed by atoms with Crippen LogP contribution in [0.5, 0.6) is 0 Å². The lowest BCUT2D eigenvalue weighted by Gasteiger charge is -2.14. The fraction of sp³-hybridized carbons (Fsp3) is 0.583. The van der Waals surface area contributed by atoms with E-state index in [4.69, 9.17) is 4.74 Å². The summed E-state index contributed by atoms with van der Waals surface area (Å²) in [5.74, 6) is 0.202. The molecule has 0 bridgehead atoms. The minimum atomic E-state index is -0.329. The normalized spacial score (nSPS) is 12.7. The van der Waals surface area contributed by atoms with Crippen molar-refractivity contribution < 1.29 is 9.53 Å². The van der Waals surface area contributed by atoms with Gasteiger partial charge in [0.25, 0.3) is 0 Å². The van der Waals surface area contributed by atoms with Gasteiger partial charge in [0.05, 0.1) is 0 Å². The van der Waals surface area contributed by atoms with Gasteiger partial charge >= 0.3 is 0 Å². The third-order valence-corrected chi connectivity index (χ3v) is 2.99. The van der Waals surface area contributed by atoms with E-state index in [1.807, 2.05) is 24.4 Å². The van der Waals surface area contributed by atoms with Crippen LogP contribution in [0.4, 0.5) is 0 Å². The second-order valence-corrected chi connectivity index (χ2v) is 4.46. The Morgan fingerprint density at radius 2 is 2.27 bits per heavy atom. The highest BCUT2D eigenvalue weighted by Gasteiger charge is 2.20. The van der Waals surface area contributed by atoms with Crippen LogP contribution in [-0.4, -0.2) is 12.4 Å². The molecular formula is C12H18O2S. The number of hydrogen-bond donors (Lipinski definition) is 0. The van der Waals surface area contributed by atoms with Crippen molar-refractivity contribution in [3.8, 4) is 0 Å². The van der Waals surface area contributed by atoms with Crippen molar-refractivity contribution in [1.29, 1.82) is 0 Å². The molecule has 84 valence electrons. The first-order valence-electron chi connectivity index (χ1n) is 5.47. The van der Waals surface area contributed by atoms with Crippen LogP contribution >= 0.6 is 11.3 Å². The summed E-state index contributed by atoms with van der Waals surface area (Å²) in [6.45, 7) is 4.72. The van der Waals surface area contributed by atoms with Crippen LogP contribution in [0.15, 0.2) is 17.5 Å². The summed E-state index contributed by atoms with van der Waals surface area (Å²) in [5, 5.41) is 1.98. The van der Waals surface area contributed by atoms with Gasteiger partial charge in [-0.15, -0.1) is 11.3 Å². The second kappa shape index (κ2) is 6.75. The number of Topliss-reactive ketones (excluding diaryl/α,β-unsaturated/α-hetero) is 1. The molecule has 0 saturated heterocycles. The third-order valence-electron chi connectivity index (χ3n) is 2.08. The van der Waals surface area contributed by atoms with Crippen LogP contribution < -0.4 is 0 Å². The Kier molecular flexibility index (Phi) is 5.58. The van der Waals surface area contributed by atoms with E-state index in [0.717, 1.165) is 17.7 Å². The molecule has 3 heteroatoms. The Balaban J connectivity index is 2.65. The first kappa shape index (κ1) is 12.4. The van der Waals surface area contributed by atoms with E-state index in [2.05, 4.69) is 6.92 Å². The van der Waals surface area contributed by atoms with Crippen molar-refractivity contribution >= 4 is 17.1 Å². The maximum atomic E-state index is 11.8. The molecular weight excluding hydrogens is 208 g/mol. The van der Waals surface area contributed by atoms with E-state index in [0.29, 0.717) is 13.0 Å². The van der Waals surface area contributed by atoms with E-state index in [1.54, 1.807) is 11.3 Å². The Labute approximate surface area is 95.3 Å². The molecule has 1 rings (SSSR count). The summed E-state index contributed by atoms with van der Waals surface area (Å²) < 4.78 is 5.61. The second-order valence-electron chi connectivity index (χ2n) is 3.48. The van der Waals surface area contributed by atoms with E-state index in [1.165, 1.54) is 0 Å². The van der Waals surface area contributed by atoms with E-state index >= 15 is 0 Å². The van der Waals surface area contributed by atoms with Crippen LogP contribution in [0.25, 0.3) is 0 Å². The van der Waals surface area contributed by atoms with Gasteiger partial charge in [-0.1, -0.05) is 19.9 Å². The first-order chi connectivity index (χ1) is 7.29. The molecule has 1 aromatic heterocycles. The van der Waals surface area contributed by atoms with E-state index in [-0.39, 0.29) is 11.9 Å². The van der Waals surface area contributed by atoms with Crippen molar-refractivity contribution in [3.63, 3.8) is 0 Å². The van der Waals surface area contributed by atoms with E-state index < -0.39 is 0 Å². The lowest BCUT2D eigenvalue weighted by atomic mass is 10.1. The molecule has 1 atom stereocenters. The lowest BCUT2D eigenvalue weighted by molar-refractivity contribution is -0.130. The molecule has 0 saturated carbocycles. The van der Waals surface area contributed by atoms with Crippen molar-refractivity contribution in [2.24, 2.45) is 0 Å². The quantitative estimate of drug-likeness (QED) is 0.710. The van der Waals surface area contributed by atoms with Crippen LogP contribution in [0.2, 0.25) is 0 Å². The molecule has 0 aliphatic rings. The van der Waals surface area contributed by atoms with Gasteiger partial charge in [0.2, 0.25) is 0 Å². The highest BCUT2D eigenvalue weighted by molar-refractivity contribution is 7.10. The molecule has 0 spiro atoms. The van der Waals surface area contributed by atoms with Gasteiger partial charge in [-0.05, 0) is 24.3 Å². The summed E-state index contributed by atoms with van der Waals surface area (Å²) in [6.07, 6.45) is 2.11. The van der Waals surface area contributed by atoms with Crippen molar-refractivity contribution in [1.82, 2.24) is 0 Å². The van der Waals surface area contributed by atoms with Crippen LogP contribution in [-0.2, 0) is 9.53 Å². The fourth-order valence-electron chi connectivity index (χ4n) is 1.39. The lowest BCUT2D eigenvalue weighted by Crippen LogP contribution is -2.15. The van der Waals surface area contributed by atoms with E-state index in [9.17, 15) is 4.79 Å². The molecule has 0 aromatic carbocycles. The SMILES string of the molecule is CCCOC(C(=O)CCC)c1cccs1. The maximum Gasteiger partial charge on any atom is 0.166 e. The summed E-state index contributed by atoms with van der Waals surface area (Å²) in [7, 11) is 0. The number of hydrogen-bond acceptors (Lipinski definition) is 3. The molecule has 0 radical (unpaired) electrons. The third kappa shape index (κ3) is 3.76. The fourth-order valence-corrected chi connectivity index (χ4v) is 2.18. The molecule has 0 fully saturated rings. The standard InChI is InChI=1S/C12H18O2S/c1-3-6-10(13)12(14-8-4-2)11-7-5-9-15-11/h5,7,9,12H,3-4,6,8H2,1-2H3. The molecule has 1 unspecified atom stereocenters. The zero-order valence-corrected chi connectivity index (χ0v) is 10.2. The molecule has 0 amide bonds. The summed E-state index contributed by atoms with van der Waals surface area (Å²) in [5.41, 5.74) is 0. The highest BCUT2D eigenvalue weighted by atomic mass is 32.1. The Morgan fingerprint density at radius 3 is 2.80 bits per heavy atom. The van der Waals surface area contributed by atoms with Gasteiger partial charge < -0.3 is 4.74 Å². The monoisotopic (exact) mass is 226 g/mol. The number of carbonyl (C=O) groups is 1.